The Bertz CT molecular complexity index is 799. The number of anilines is 1. The van der Waals surface area contributed by atoms with Crippen molar-refractivity contribution in [3.63, 3.8) is 0 Å². The minimum absolute atomic E-state index is 0.0356. The predicted molar refractivity (Wildman–Crippen MR) is 88.1 cm³/mol. The van der Waals surface area contributed by atoms with Crippen molar-refractivity contribution in [2.45, 2.75) is 13.0 Å². The summed E-state index contributed by atoms with van der Waals surface area (Å²) in [5.74, 6) is -1.18. The standard InChI is InChI=1S/C18H17NO5/c1-12(24-18(21)16-11-22-8-9-23-16)17(20)19-15-7-6-13-4-2-3-5-14(13)10-15/h2-7,10-12H,8-9H2,1H3,(H,19,20)/t12-/m0/s1. The second kappa shape index (κ2) is 7.04. The number of amides is 1. The summed E-state index contributed by atoms with van der Waals surface area (Å²) in [5.41, 5.74) is 0.637. The van der Waals surface area contributed by atoms with Crippen LogP contribution in [0.5, 0.6) is 0 Å². The van der Waals surface area contributed by atoms with Gasteiger partial charge in [-0.15, -0.1) is 0 Å². The van der Waals surface area contributed by atoms with Gasteiger partial charge in [-0.2, -0.15) is 0 Å². The molecule has 0 aromatic heterocycles. The van der Waals surface area contributed by atoms with Gasteiger partial charge in [0.2, 0.25) is 5.76 Å². The number of nitrogens with one attached hydrogen (secondary N) is 1. The average Bonchev–Trinajstić information content (AvgIpc) is 2.62. The maximum atomic E-state index is 12.2. The van der Waals surface area contributed by atoms with E-state index in [1.165, 1.54) is 13.2 Å². The fourth-order valence-electron chi connectivity index (χ4n) is 2.26. The molecule has 0 fully saturated rings. The van der Waals surface area contributed by atoms with Gasteiger partial charge in [-0.1, -0.05) is 30.3 Å². The van der Waals surface area contributed by atoms with Gasteiger partial charge in [0, 0.05) is 5.69 Å². The third-order valence-corrected chi connectivity index (χ3v) is 3.52. The highest BCUT2D eigenvalue weighted by Gasteiger charge is 2.23. The SMILES string of the molecule is C[C@H](OC(=O)C1=COCCO1)C(=O)Nc1ccc2ccccc2c1. The van der Waals surface area contributed by atoms with Crippen LogP contribution in [0.1, 0.15) is 6.92 Å². The molecule has 0 aliphatic carbocycles. The second-order valence-electron chi connectivity index (χ2n) is 5.30. The van der Waals surface area contributed by atoms with E-state index in [0.29, 0.717) is 12.3 Å². The van der Waals surface area contributed by atoms with Crippen molar-refractivity contribution in [2.75, 3.05) is 18.5 Å². The van der Waals surface area contributed by atoms with Crippen LogP contribution in [-0.2, 0) is 23.8 Å². The van der Waals surface area contributed by atoms with Crippen molar-refractivity contribution < 1.29 is 23.8 Å². The maximum Gasteiger partial charge on any atom is 0.377 e. The van der Waals surface area contributed by atoms with E-state index < -0.39 is 18.0 Å². The molecule has 24 heavy (non-hydrogen) atoms. The molecule has 0 saturated heterocycles. The highest BCUT2D eigenvalue weighted by molar-refractivity contribution is 5.98. The zero-order valence-electron chi connectivity index (χ0n) is 13.2. The number of rotatable bonds is 4. The topological polar surface area (TPSA) is 73.9 Å². The summed E-state index contributed by atoms with van der Waals surface area (Å²) in [5, 5.41) is 4.83. The number of benzene rings is 2. The minimum Gasteiger partial charge on any atom is -0.493 e. The lowest BCUT2D eigenvalue weighted by molar-refractivity contribution is -0.153. The molecule has 2 aromatic carbocycles. The van der Waals surface area contributed by atoms with Crippen molar-refractivity contribution in [3.05, 3.63) is 54.5 Å². The largest absolute Gasteiger partial charge is 0.493 e. The first-order chi connectivity index (χ1) is 11.6. The first kappa shape index (κ1) is 15.9. The number of hydrogen-bond acceptors (Lipinski definition) is 5. The molecule has 1 amide bonds. The van der Waals surface area contributed by atoms with Crippen LogP contribution in [0.3, 0.4) is 0 Å². The third kappa shape index (κ3) is 3.65. The number of ether oxygens (including phenoxy) is 3. The Morgan fingerprint density at radius 1 is 1.12 bits per heavy atom. The van der Waals surface area contributed by atoms with Crippen LogP contribution in [0.4, 0.5) is 5.69 Å². The number of fused-ring (bicyclic) bond motifs is 1. The Morgan fingerprint density at radius 2 is 1.92 bits per heavy atom. The van der Waals surface area contributed by atoms with Crippen LogP contribution < -0.4 is 5.32 Å². The highest BCUT2D eigenvalue weighted by atomic mass is 16.6. The fraction of sp³-hybridized carbons (Fsp3) is 0.222. The molecule has 6 heteroatoms. The molecule has 1 N–H and O–H groups in total. The van der Waals surface area contributed by atoms with E-state index in [2.05, 4.69) is 5.32 Å². The summed E-state index contributed by atoms with van der Waals surface area (Å²) in [6.07, 6.45) is 0.232. The lowest BCUT2D eigenvalue weighted by atomic mass is 10.1. The molecule has 0 bridgehead atoms. The summed E-state index contributed by atoms with van der Waals surface area (Å²) in [6.45, 7) is 2.16. The van der Waals surface area contributed by atoms with E-state index in [9.17, 15) is 9.59 Å². The van der Waals surface area contributed by atoms with Crippen molar-refractivity contribution in [3.8, 4) is 0 Å². The van der Waals surface area contributed by atoms with E-state index in [1.54, 1.807) is 6.07 Å². The number of esters is 1. The summed E-state index contributed by atoms with van der Waals surface area (Å²) >= 11 is 0. The number of carbonyl (C=O) groups excluding carboxylic acids is 2. The van der Waals surface area contributed by atoms with Gasteiger partial charge in [-0.25, -0.2) is 4.79 Å². The molecule has 0 radical (unpaired) electrons. The van der Waals surface area contributed by atoms with Crippen molar-refractivity contribution in [2.24, 2.45) is 0 Å². The number of carbonyl (C=O) groups is 2. The summed E-state index contributed by atoms with van der Waals surface area (Å²) < 4.78 is 15.2. The van der Waals surface area contributed by atoms with E-state index >= 15 is 0 Å². The average molecular weight is 327 g/mol. The Hall–Kier alpha value is -3.02. The zero-order chi connectivity index (χ0) is 16.9. The van der Waals surface area contributed by atoms with Gasteiger partial charge in [0.1, 0.15) is 19.5 Å². The first-order valence-corrected chi connectivity index (χ1v) is 7.59. The zero-order valence-corrected chi connectivity index (χ0v) is 13.2. The summed E-state index contributed by atoms with van der Waals surface area (Å²) in [4.78, 5) is 24.1. The van der Waals surface area contributed by atoms with Crippen LogP contribution in [0, 0.1) is 0 Å². The number of hydrogen-bond donors (Lipinski definition) is 1. The van der Waals surface area contributed by atoms with E-state index in [-0.39, 0.29) is 12.4 Å². The van der Waals surface area contributed by atoms with Crippen LogP contribution in [0.2, 0.25) is 0 Å². The minimum atomic E-state index is -0.963. The lowest BCUT2D eigenvalue weighted by Crippen LogP contribution is -2.31. The molecule has 0 unspecified atom stereocenters. The van der Waals surface area contributed by atoms with Crippen molar-refractivity contribution in [1.29, 1.82) is 0 Å². The van der Waals surface area contributed by atoms with Gasteiger partial charge in [-0.3, -0.25) is 4.79 Å². The van der Waals surface area contributed by atoms with E-state index in [0.717, 1.165) is 10.8 Å². The van der Waals surface area contributed by atoms with Crippen LogP contribution in [0.25, 0.3) is 10.8 Å². The fourth-order valence-corrected chi connectivity index (χ4v) is 2.26. The molecule has 124 valence electrons. The molecule has 1 atom stereocenters. The molecular formula is C18H17NO5. The van der Waals surface area contributed by atoms with Crippen LogP contribution in [0.15, 0.2) is 54.5 Å². The van der Waals surface area contributed by atoms with Crippen LogP contribution >= 0.6 is 0 Å². The molecule has 1 aliphatic heterocycles. The van der Waals surface area contributed by atoms with E-state index in [1.807, 2.05) is 36.4 Å². The Labute approximate surface area is 139 Å². The molecule has 1 heterocycles. The molecule has 6 nitrogen and oxygen atoms in total. The predicted octanol–water partition coefficient (Wildman–Crippen LogP) is 2.60. The molecule has 3 rings (SSSR count). The van der Waals surface area contributed by atoms with E-state index in [4.69, 9.17) is 14.2 Å². The molecule has 0 spiro atoms. The molecular weight excluding hydrogens is 310 g/mol. The normalized spacial score (nSPS) is 14.8. The van der Waals surface area contributed by atoms with Gasteiger partial charge in [0.05, 0.1) is 0 Å². The Kier molecular flexibility index (Phi) is 4.65. The highest BCUT2D eigenvalue weighted by Crippen LogP contribution is 2.19. The van der Waals surface area contributed by atoms with Gasteiger partial charge in [-0.05, 0) is 29.8 Å². The Morgan fingerprint density at radius 3 is 2.67 bits per heavy atom. The third-order valence-electron chi connectivity index (χ3n) is 3.52. The summed E-state index contributed by atoms with van der Waals surface area (Å²) in [6, 6.07) is 13.4. The van der Waals surface area contributed by atoms with Crippen molar-refractivity contribution >= 4 is 28.3 Å². The van der Waals surface area contributed by atoms with Crippen molar-refractivity contribution in [1.82, 2.24) is 0 Å². The molecule has 2 aromatic rings. The monoisotopic (exact) mass is 327 g/mol. The smallest absolute Gasteiger partial charge is 0.377 e. The summed E-state index contributed by atoms with van der Waals surface area (Å²) in [7, 11) is 0. The Balaban J connectivity index is 1.62. The first-order valence-electron chi connectivity index (χ1n) is 7.59. The van der Waals surface area contributed by atoms with Gasteiger partial charge >= 0.3 is 5.97 Å². The maximum absolute atomic E-state index is 12.2. The van der Waals surface area contributed by atoms with Gasteiger partial charge in [0.15, 0.2) is 6.10 Å². The second-order valence-corrected chi connectivity index (χ2v) is 5.30. The molecule has 1 aliphatic rings. The lowest BCUT2D eigenvalue weighted by Gasteiger charge is -2.17. The quantitative estimate of drug-likeness (QED) is 0.874. The van der Waals surface area contributed by atoms with Crippen LogP contribution in [-0.4, -0.2) is 31.2 Å². The van der Waals surface area contributed by atoms with Gasteiger partial charge < -0.3 is 19.5 Å². The van der Waals surface area contributed by atoms with Gasteiger partial charge in [0.25, 0.3) is 5.91 Å². The molecule has 0 saturated carbocycles.